The van der Waals surface area contributed by atoms with Crippen molar-refractivity contribution < 1.29 is 14.4 Å². The van der Waals surface area contributed by atoms with E-state index in [0.717, 1.165) is 5.56 Å². The Kier molecular flexibility index (Phi) is 9.89. The van der Waals surface area contributed by atoms with Crippen molar-refractivity contribution in [2.24, 2.45) is 27.9 Å². The topological polar surface area (TPSA) is 195 Å². The standard InChI is InChI=1S/C21H34N8O3/c22-12-15(23)20(32)29-11-5-9-17(29)19(31)28-16(8-4-10-26-21(24)25)18(30)27-13-14-6-2-1-3-7-14/h1-3,6-7,15-17H,4-5,8-13,22-23H2,(H,27,30)(H,28,31)(H4,24,25,26). The Morgan fingerprint density at radius 3 is 2.56 bits per heavy atom. The molecule has 176 valence electrons. The van der Waals surface area contributed by atoms with E-state index in [9.17, 15) is 14.4 Å². The number of amides is 3. The van der Waals surface area contributed by atoms with Crippen molar-refractivity contribution in [1.29, 1.82) is 0 Å². The van der Waals surface area contributed by atoms with Crippen LogP contribution in [0.2, 0.25) is 0 Å². The molecule has 3 amide bonds. The van der Waals surface area contributed by atoms with Crippen LogP contribution in [0.25, 0.3) is 0 Å². The highest BCUT2D eigenvalue weighted by Gasteiger charge is 2.37. The van der Waals surface area contributed by atoms with Crippen LogP contribution in [-0.4, -0.2) is 66.3 Å². The molecule has 3 atom stereocenters. The quantitative estimate of drug-likeness (QED) is 0.130. The zero-order valence-corrected chi connectivity index (χ0v) is 18.2. The van der Waals surface area contributed by atoms with Crippen LogP contribution in [0.3, 0.4) is 0 Å². The van der Waals surface area contributed by atoms with Gasteiger partial charge in [-0.1, -0.05) is 30.3 Å². The van der Waals surface area contributed by atoms with Gasteiger partial charge in [-0.15, -0.1) is 0 Å². The van der Waals surface area contributed by atoms with E-state index < -0.39 is 18.1 Å². The number of nitrogens with zero attached hydrogens (tertiary/aromatic N) is 2. The second-order valence-corrected chi connectivity index (χ2v) is 7.75. The molecule has 0 saturated carbocycles. The summed E-state index contributed by atoms with van der Waals surface area (Å²) < 4.78 is 0. The number of aliphatic imine (C=N–C) groups is 1. The summed E-state index contributed by atoms with van der Waals surface area (Å²) in [6.07, 6.45) is 2.01. The number of likely N-dealkylation sites (tertiary alicyclic amines) is 1. The van der Waals surface area contributed by atoms with Crippen LogP contribution >= 0.6 is 0 Å². The fraction of sp³-hybridized carbons (Fsp3) is 0.524. The second kappa shape index (κ2) is 12.6. The molecule has 0 aromatic heterocycles. The van der Waals surface area contributed by atoms with Crippen LogP contribution in [-0.2, 0) is 20.9 Å². The van der Waals surface area contributed by atoms with Crippen molar-refractivity contribution in [3.63, 3.8) is 0 Å². The van der Waals surface area contributed by atoms with Gasteiger partial charge in [0.05, 0.1) is 6.04 Å². The highest BCUT2D eigenvalue weighted by atomic mass is 16.2. The zero-order chi connectivity index (χ0) is 23.5. The summed E-state index contributed by atoms with van der Waals surface area (Å²) in [5, 5.41) is 5.65. The van der Waals surface area contributed by atoms with Gasteiger partial charge in [0, 0.05) is 26.2 Å². The molecule has 0 spiro atoms. The largest absolute Gasteiger partial charge is 0.370 e. The van der Waals surface area contributed by atoms with Crippen molar-refractivity contribution in [1.82, 2.24) is 15.5 Å². The predicted molar refractivity (Wildman–Crippen MR) is 122 cm³/mol. The maximum Gasteiger partial charge on any atom is 0.243 e. The average molecular weight is 447 g/mol. The Morgan fingerprint density at radius 1 is 1.19 bits per heavy atom. The fourth-order valence-electron chi connectivity index (χ4n) is 3.57. The van der Waals surface area contributed by atoms with Crippen LogP contribution in [0.5, 0.6) is 0 Å². The molecule has 3 unspecified atom stereocenters. The molecule has 1 aliphatic heterocycles. The van der Waals surface area contributed by atoms with Crippen LogP contribution in [0.1, 0.15) is 31.2 Å². The van der Waals surface area contributed by atoms with Gasteiger partial charge in [0.15, 0.2) is 5.96 Å². The second-order valence-electron chi connectivity index (χ2n) is 7.75. The number of hydrogen-bond donors (Lipinski definition) is 6. The summed E-state index contributed by atoms with van der Waals surface area (Å²) in [7, 11) is 0. The Balaban J connectivity index is 2.03. The van der Waals surface area contributed by atoms with Gasteiger partial charge in [-0.3, -0.25) is 19.4 Å². The number of hydrogen-bond acceptors (Lipinski definition) is 6. The van der Waals surface area contributed by atoms with E-state index in [1.54, 1.807) is 0 Å². The van der Waals surface area contributed by atoms with Gasteiger partial charge in [-0.2, -0.15) is 0 Å². The summed E-state index contributed by atoms with van der Waals surface area (Å²) in [5.74, 6) is -1.10. The fourth-order valence-corrected chi connectivity index (χ4v) is 3.57. The molecule has 10 N–H and O–H groups in total. The number of guanidine groups is 1. The van der Waals surface area contributed by atoms with Crippen LogP contribution in [0.4, 0.5) is 0 Å². The van der Waals surface area contributed by atoms with Gasteiger partial charge in [0.25, 0.3) is 0 Å². The molecule has 2 rings (SSSR count). The molecule has 0 aliphatic carbocycles. The van der Waals surface area contributed by atoms with Gasteiger partial charge in [0.1, 0.15) is 12.1 Å². The third-order valence-electron chi connectivity index (χ3n) is 5.30. The van der Waals surface area contributed by atoms with Gasteiger partial charge >= 0.3 is 0 Å². The molecular formula is C21H34N8O3. The van der Waals surface area contributed by atoms with Crippen LogP contribution < -0.4 is 33.6 Å². The van der Waals surface area contributed by atoms with Crippen LogP contribution in [0, 0.1) is 0 Å². The molecule has 32 heavy (non-hydrogen) atoms. The number of carbonyl (C=O) groups excluding carboxylic acids is 3. The van der Waals surface area contributed by atoms with Crippen molar-refractivity contribution >= 4 is 23.7 Å². The first-order valence-electron chi connectivity index (χ1n) is 10.8. The molecular weight excluding hydrogens is 412 g/mol. The Bertz CT molecular complexity index is 797. The van der Waals surface area contributed by atoms with Crippen molar-refractivity contribution in [2.45, 2.75) is 50.4 Å². The Hall–Kier alpha value is -3.18. The highest BCUT2D eigenvalue weighted by molar-refractivity contribution is 5.93. The maximum atomic E-state index is 13.0. The zero-order valence-electron chi connectivity index (χ0n) is 18.2. The number of nitrogens with one attached hydrogen (secondary N) is 2. The molecule has 1 aromatic carbocycles. The van der Waals surface area contributed by atoms with Gasteiger partial charge < -0.3 is 38.5 Å². The molecule has 0 radical (unpaired) electrons. The van der Waals surface area contributed by atoms with Gasteiger partial charge in [-0.05, 0) is 31.2 Å². The molecule has 0 bridgehead atoms. The smallest absolute Gasteiger partial charge is 0.243 e. The summed E-state index contributed by atoms with van der Waals surface area (Å²) in [4.78, 5) is 43.7. The third kappa shape index (κ3) is 7.50. The van der Waals surface area contributed by atoms with Gasteiger partial charge in [0.2, 0.25) is 17.7 Å². The molecule has 1 aromatic rings. The number of carbonyl (C=O) groups is 3. The first-order valence-corrected chi connectivity index (χ1v) is 10.8. The first-order chi connectivity index (χ1) is 15.3. The number of rotatable bonds is 11. The predicted octanol–water partition coefficient (Wildman–Crippen LogP) is -1.88. The summed E-state index contributed by atoms with van der Waals surface area (Å²) in [5.41, 5.74) is 22.9. The van der Waals surface area contributed by atoms with Crippen molar-refractivity contribution in [3.05, 3.63) is 35.9 Å². The van der Waals surface area contributed by atoms with Gasteiger partial charge in [-0.25, -0.2) is 0 Å². The van der Waals surface area contributed by atoms with E-state index >= 15 is 0 Å². The maximum absolute atomic E-state index is 13.0. The van der Waals surface area contributed by atoms with E-state index in [4.69, 9.17) is 22.9 Å². The minimum atomic E-state index is -0.854. The molecule has 11 nitrogen and oxygen atoms in total. The minimum Gasteiger partial charge on any atom is -0.370 e. The third-order valence-corrected chi connectivity index (χ3v) is 5.30. The summed E-state index contributed by atoms with van der Waals surface area (Å²) >= 11 is 0. The lowest BCUT2D eigenvalue weighted by Gasteiger charge is -2.28. The molecule has 1 heterocycles. The molecule has 1 saturated heterocycles. The lowest BCUT2D eigenvalue weighted by atomic mass is 10.1. The lowest BCUT2D eigenvalue weighted by Crippen LogP contribution is -2.56. The van der Waals surface area contributed by atoms with E-state index in [2.05, 4.69) is 15.6 Å². The van der Waals surface area contributed by atoms with Crippen molar-refractivity contribution in [3.8, 4) is 0 Å². The summed E-state index contributed by atoms with van der Waals surface area (Å²) in [6.45, 7) is 1.10. The normalized spacial score (nSPS) is 17.3. The average Bonchev–Trinajstić information content (AvgIpc) is 3.29. The van der Waals surface area contributed by atoms with E-state index in [1.807, 2.05) is 30.3 Å². The van der Waals surface area contributed by atoms with E-state index in [-0.39, 0.29) is 30.2 Å². The number of nitrogens with two attached hydrogens (primary N) is 4. The molecule has 1 fully saturated rings. The Morgan fingerprint density at radius 2 is 1.91 bits per heavy atom. The number of benzene rings is 1. The SMILES string of the molecule is NCC(N)C(=O)N1CCCC1C(=O)NC(CCCN=C(N)N)C(=O)NCc1ccccc1. The molecule has 11 heteroatoms. The lowest BCUT2D eigenvalue weighted by molar-refractivity contribution is -0.140. The van der Waals surface area contributed by atoms with Crippen LogP contribution in [0.15, 0.2) is 35.3 Å². The van der Waals surface area contributed by atoms with Crippen molar-refractivity contribution in [2.75, 3.05) is 19.6 Å². The monoisotopic (exact) mass is 446 g/mol. The Labute approximate surface area is 187 Å². The molecule has 1 aliphatic rings. The minimum absolute atomic E-state index is 0.00101. The first kappa shape index (κ1) is 25.1. The highest BCUT2D eigenvalue weighted by Crippen LogP contribution is 2.18. The van der Waals surface area contributed by atoms with E-state index in [0.29, 0.717) is 45.3 Å². The van der Waals surface area contributed by atoms with E-state index in [1.165, 1.54) is 4.90 Å². The summed E-state index contributed by atoms with van der Waals surface area (Å²) in [6, 6.07) is 7.13.